The molecule has 0 aliphatic rings. The second-order valence-corrected chi connectivity index (χ2v) is 6.21. The zero-order chi connectivity index (χ0) is 8.43. The van der Waals surface area contributed by atoms with E-state index in [-0.39, 0.29) is 0 Å². The molecule has 0 N–H and O–H groups in total. The molecule has 0 radical (unpaired) electrons. The fourth-order valence-corrected chi connectivity index (χ4v) is 4.49. The average molecular weight is 500 g/mol. The Morgan fingerprint density at radius 3 is 2.27 bits per heavy atom. The van der Waals surface area contributed by atoms with Gasteiger partial charge in [-0.2, -0.15) is 0 Å². The minimum absolute atomic E-state index is 1.26. The molecule has 0 nitrogen and oxygen atoms in total. The lowest BCUT2D eigenvalue weighted by atomic mass is 10.2. The highest BCUT2D eigenvalue weighted by atomic mass is 127. The molecule has 1 rings (SSSR count). The van der Waals surface area contributed by atoms with E-state index in [1.165, 1.54) is 32.6 Å². The molecule has 0 unspecified atom stereocenters. The molecule has 0 saturated heterocycles. The minimum atomic E-state index is 1.26. The standard InChI is InChI=1S/C7H7I3Si/c8-5-2-1-4(3-11)6(9)7(5)10/h1-2H,3H2,11H3. The fourth-order valence-electron chi connectivity index (χ4n) is 0.839. The van der Waals surface area contributed by atoms with Crippen molar-refractivity contribution in [2.45, 2.75) is 6.04 Å². The Hall–Kier alpha value is 1.63. The third-order valence-corrected chi connectivity index (χ3v) is 7.57. The summed E-state index contributed by atoms with van der Waals surface area (Å²) in [6.45, 7) is 0. The lowest BCUT2D eigenvalue weighted by molar-refractivity contribution is 1.33. The third kappa shape index (κ3) is 2.53. The molecule has 0 aliphatic heterocycles. The molecule has 0 amide bonds. The van der Waals surface area contributed by atoms with Crippen LogP contribution in [0.4, 0.5) is 0 Å². The zero-order valence-corrected chi connectivity index (χ0v) is 14.5. The molecule has 4 heteroatoms. The summed E-state index contributed by atoms with van der Waals surface area (Å²) in [7, 11) is 1.26. The fraction of sp³-hybridized carbons (Fsp3) is 0.143. The molecule has 0 aromatic heterocycles. The van der Waals surface area contributed by atoms with Crippen molar-refractivity contribution in [2.75, 3.05) is 0 Å². The molecule has 11 heavy (non-hydrogen) atoms. The first-order valence-electron chi connectivity index (χ1n) is 3.29. The Morgan fingerprint density at radius 1 is 1.09 bits per heavy atom. The van der Waals surface area contributed by atoms with Gasteiger partial charge in [-0.1, -0.05) is 6.07 Å². The second-order valence-electron chi connectivity index (χ2n) is 2.19. The molecule has 0 bridgehead atoms. The Labute approximate surface area is 111 Å². The highest BCUT2D eigenvalue weighted by Gasteiger charge is 2.04. The van der Waals surface area contributed by atoms with Crippen LogP contribution in [-0.2, 0) is 6.04 Å². The van der Waals surface area contributed by atoms with Crippen LogP contribution in [0, 0.1) is 10.7 Å². The summed E-state index contributed by atoms with van der Waals surface area (Å²) < 4.78 is 4.23. The van der Waals surface area contributed by atoms with E-state index in [1.807, 2.05) is 0 Å². The highest BCUT2D eigenvalue weighted by Crippen LogP contribution is 2.24. The van der Waals surface area contributed by atoms with Gasteiger partial charge in [-0.05, 0) is 85.4 Å². The van der Waals surface area contributed by atoms with E-state index >= 15 is 0 Å². The van der Waals surface area contributed by atoms with E-state index in [9.17, 15) is 0 Å². The van der Waals surface area contributed by atoms with Gasteiger partial charge in [0.25, 0.3) is 0 Å². The van der Waals surface area contributed by atoms with Crippen LogP contribution < -0.4 is 0 Å². The van der Waals surface area contributed by atoms with Gasteiger partial charge in [-0.25, -0.2) is 0 Å². The average Bonchev–Trinajstić information content (AvgIpc) is 2.01. The number of hydrogen-bond donors (Lipinski definition) is 0. The number of halogens is 3. The molecule has 0 aliphatic carbocycles. The van der Waals surface area contributed by atoms with E-state index in [2.05, 4.69) is 79.9 Å². The van der Waals surface area contributed by atoms with Gasteiger partial charge < -0.3 is 0 Å². The summed E-state index contributed by atoms with van der Waals surface area (Å²) in [5.41, 5.74) is 1.52. The topological polar surface area (TPSA) is 0 Å². The van der Waals surface area contributed by atoms with Crippen LogP contribution in [0.2, 0.25) is 0 Å². The summed E-state index contributed by atoms with van der Waals surface area (Å²) in [6, 6.07) is 5.72. The minimum Gasteiger partial charge on any atom is -0.0572 e. The molecular formula is C7H7I3Si. The maximum atomic E-state index is 2.44. The van der Waals surface area contributed by atoms with Gasteiger partial charge in [-0.3, -0.25) is 0 Å². The van der Waals surface area contributed by atoms with Gasteiger partial charge in [-0.15, -0.1) is 0 Å². The summed E-state index contributed by atoms with van der Waals surface area (Å²) >= 11 is 7.24. The molecule has 60 valence electrons. The Kier molecular flexibility index (Phi) is 4.62. The second kappa shape index (κ2) is 4.75. The van der Waals surface area contributed by atoms with Crippen LogP contribution in [0.5, 0.6) is 0 Å². The van der Waals surface area contributed by atoms with Crippen LogP contribution >= 0.6 is 67.8 Å². The molecule has 1 aromatic carbocycles. The van der Waals surface area contributed by atoms with Crippen LogP contribution in [0.3, 0.4) is 0 Å². The van der Waals surface area contributed by atoms with Crippen LogP contribution in [-0.4, -0.2) is 10.2 Å². The highest BCUT2D eigenvalue weighted by molar-refractivity contribution is 14.1. The van der Waals surface area contributed by atoms with Crippen molar-refractivity contribution >= 4 is 78.0 Å². The lowest BCUT2D eigenvalue weighted by Crippen LogP contribution is -1.93. The van der Waals surface area contributed by atoms with Crippen molar-refractivity contribution in [2.24, 2.45) is 0 Å². The Bertz CT molecular complexity index is 273. The largest absolute Gasteiger partial charge is 0.0572 e. The molecule has 0 heterocycles. The van der Waals surface area contributed by atoms with E-state index in [0.29, 0.717) is 0 Å². The van der Waals surface area contributed by atoms with Gasteiger partial charge >= 0.3 is 0 Å². The molecule has 0 fully saturated rings. The quantitative estimate of drug-likeness (QED) is 0.316. The summed E-state index contributed by atoms with van der Waals surface area (Å²) in [6.07, 6.45) is 0. The summed E-state index contributed by atoms with van der Waals surface area (Å²) in [5, 5.41) is 0. The van der Waals surface area contributed by atoms with Gasteiger partial charge in [0.2, 0.25) is 0 Å². The molecule has 1 aromatic rings. The van der Waals surface area contributed by atoms with E-state index in [1.54, 1.807) is 0 Å². The smallest absolute Gasteiger partial charge is 0.0400 e. The van der Waals surface area contributed by atoms with Crippen molar-refractivity contribution in [3.05, 3.63) is 28.4 Å². The predicted molar refractivity (Wildman–Crippen MR) is 78.2 cm³/mol. The van der Waals surface area contributed by atoms with Crippen molar-refractivity contribution in [3.8, 4) is 0 Å². The summed E-state index contributed by atoms with van der Waals surface area (Å²) in [4.78, 5) is 0. The Morgan fingerprint density at radius 2 is 1.73 bits per heavy atom. The predicted octanol–water partition coefficient (Wildman–Crippen LogP) is 2.37. The number of benzene rings is 1. The summed E-state index contributed by atoms with van der Waals surface area (Å²) in [5.74, 6) is 0. The zero-order valence-electron chi connectivity index (χ0n) is 6.00. The van der Waals surface area contributed by atoms with Crippen LogP contribution in [0.25, 0.3) is 0 Å². The first kappa shape index (κ1) is 10.7. The Balaban J connectivity index is 3.25. The van der Waals surface area contributed by atoms with Crippen molar-refractivity contribution in [3.63, 3.8) is 0 Å². The van der Waals surface area contributed by atoms with E-state index < -0.39 is 0 Å². The SMILES string of the molecule is [SiH3]Cc1ccc(I)c(I)c1I. The van der Waals surface area contributed by atoms with Gasteiger partial charge in [0.1, 0.15) is 0 Å². The first-order valence-corrected chi connectivity index (χ1v) is 7.94. The lowest BCUT2D eigenvalue weighted by Gasteiger charge is -2.04. The van der Waals surface area contributed by atoms with E-state index in [4.69, 9.17) is 0 Å². The van der Waals surface area contributed by atoms with E-state index in [0.717, 1.165) is 0 Å². The normalized spacial score (nSPS) is 10.5. The molecular weight excluding hydrogens is 493 g/mol. The van der Waals surface area contributed by atoms with Gasteiger partial charge in [0, 0.05) is 21.0 Å². The molecule has 0 atom stereocenters. The molecule has 0 spiro atoms. The van der Waals surface area contributed by atoms with Gasteiger partial charge in [0.05, 0.1) is 0 Å². The van der Waals surface area contributed by atoms with Crippen molar-refractivity contribution < 1.29 is 0 Å². The van der Waals surface area contributed by atoms with Crippen molar-refractivity contribution in [1.82, 2.24) is 0 Å². The number of hydrogen-bond acceptors (Lipinski definition) is 0. The maximum Gasteiger partial charge on any atom is 0.0400 e. The van der Waals surface area contributed by atoms with Crippen molar-refractivity contribution in [1.29, 1.82) is 0 Å². The first-order chi connectivity index (χ1) is 5.16. The van der Waals surface area contributed by atoms with Crippen LogP contribution in [0.15, 0.2) is 12.1 Å². The van der Waals surface area contributed by atoms with Gasteiger partial charge in [0.15, 0.2) is 0 Å². The maximum absolute atomic E-state index is 2.44. The van der Waals surface area contributed by atoms with Crippen LogP contribution in [0.1, 0.15) is 5.56 Å². The number of rotatable bonds is 1. The monoisotopic (exact) mass is 500 g/mol. The third-order valence-electron chi connectivity index (χ3n) is 1.50. The molecule has 0 saturated carbocycles.